The first-order chi connectivity index (χ1) is 14.2. The molecule has 1 aliphatic heterocycles. The Labute approximate surface area is 166 Å². The third-order valence-corrected chi connectivity index (χ3v) is 5.02. The number of rotatable bonds is 4. The first-order valence-electron chi connectivity index (χ1n) is 9.19. The molecule has 3 aromatic carbocycles. The van der Waals surface area contributed by atoms with Crippen molar-refractivity contribution >= 4 is 5.69 Å². The number of benzene rings is 3. The molecule has 0 saturated carbocycles. The normalized spacial score (nSPS) is 15.0. The standard InChI is InChI=1S/C22H18FN5O/c1-29-17-9-4-14(5-10-17)21-24-22(28-27-21)15-6-11-19-18(12-15)20(26-25-19)13-2-7-16(23)8-3-13/h2-12,20,25-26H,1H3,(H,24,27,28). The highest BCUT2D eigenvalue weighted by molar-refractivity contribution is 5.69. The summed E-state index contributed by atoms with van der Waals surface area (Å²) >= 11 is 0. The van der Waals surface area contributed by atoms with Crippen LogP contribution in [-0.2, 0) is 0 Å². The van der Waals surface area contributed by atoms with Gasteiger partial charge in [0.25, 0.3) is 0 Å². The maximum Gasteiger partial charge on any atom is 0.181 e. The van der Waals surface area contributed by atoms with E-state index >= 15 is 0 Å². The zero-order chi connectivity index (χ0) is 19.8. The Bertz CT molecular complexity index is 1150. The quantitative estimate of drug-likeness (QED) is 0.487. The van der Waals surface area contributed by atoms with Crippen LogP contribution < -0.4 is 15.6 Å². The van der Waals surface area contributed by atoms with Gasteiger partial charge in [0.2, 0.25) is 0 Å². The fraction of sp³-hybridized carbons (Fsp3) is 0.0909. The van der Waals surface area contributed by atoms with Crippen molar-refractivity contribution in [2.45, 2.75) is 6.04 Å². The molecule has 3 N–H and O–H groups in total. The highest BCUT2D eigenvalue weighted by atomic mass is 19.1. The van der Waals surface area contributed by atoms with Crippen LogP contribution in [0.25, 0.3) is 22.8 Å². The smallest absolute Gasteiger partial charge is 0.181 e. The molecule has 1 aromatic heterocycles. The minimum Gasteiger partial charge on any atom is -0.497 e. The molecule has 7 heteroatoms. The number of methoxy groups -OCH3 is 1. The number of aromatic nitrogens is 3. The van der Waals surface area contributed by atoms with Crippen molar-refractivity contribution in [1.82, 2.24) is 20.6 Å². The molecule has 144 valence electrons. The van der Waals surface area contributed by atoms with E-state index in [1.165, 1.54) is 12.1 Å². The predicted octanol–water partition coefficient (Wildman–Crippen LogP) is 4.31. The number of anilines is 1. The third kappa shape index (κ3) is 3.21. The summed E-state index contributed by atoms with van der Waals surface area (Å²) in [6, 6.07) is 20.1. The van der Waals surface area contributed by atoms with E-state index < -0.39 is 0 Å². The second kappa shape index (κ2) is 7.03. The molecule has 6 nitrogen and oxygen atoms in total. The average molecular weight is 387 g/mol. The number of nitrogens with zero attached hydrogens (tertiary/aromatic N) is 2. The molecular formula is C22H18FN5O. The van der Waals surface area contributed by atoms with E-state index in [2.05, 4.69) is 32.1 Å². The van der Waals surface area contributed by atoms with Crippen LogP contribution in [0.1, 0.15) is 17.2 Å². The molecule has 1 atom stereocenters. The molecule has 1 aliphatic rings. The zero-order valence-electron chi connectivity index (χ0n) is 15.6. The molecule has 5 rings (SSSR count). The summed E-state index contributed by atoms with van der Waals surface area (Å²) in [5.74, 6) is 1.84. The first kappa shape index (κ1) is 17.4. The van der Waals surface area contributed by atoms with Crippen LogP contribution in [0.3, 0.4) is 0 Å². The van der Waals surface area contributed by atoms with Gasteiger partial charge in [0.1, 0.15) is 11.6 Å². The van der Waals surface area contributed by atoms with Gasteiger partial charge in [-0.05, 0) is 60.2 Å². The molecule has 0 saturated heterocycles. The summed E-state index contributed by atoms with van der Waals surface area (Å²) < 4.78 is 18.5. The van der Waals surface area contributed by atoms with Crippen molar-refractivity contribution in [2.24, 2.45) is 0 Å². The van der Waals surface area contributed by atoms with Gasteiger partial charge in [0, 0.05) is 16.7 Å². The lowest BCUT2D eigenvalue weighted by Gasteiger charge is -2.11. The highest BCUT2D eigenvalue weighted by Gasteiger charge is 2.24. The van der Waals surface area contributed by atoms with Crippen molar-refractivity contribution in [3.63, 3.8) is 0 Å². The number of hydrogen-bond donors (Lipinski definition) is 3. The maximum absolute atomic E-state index is 13.3. The van der Waals surface area contributed by atoms with Gasteiger partial charge in [-0.25, -0.2) is 14.8 Å². The van der Waals surface area contributed by atoms with E-state index in [9.17, 15) is 4.39 Å². The molecule has 0 bridgehead atoms. The minimum atomic E-state index is -0.250. The van der Waals surface area contributed by atoms with Gasteiger partial charge < -0.3 is 10.2 Å². The summed E-state index contributed by atoms with van der Waals surface area (Å²) in [6.07, 6.45) is 0. The molecule has 0 aliphatic carbocycles. The Morgan fingerprint density at radius 2 is 1.69 bits per heavy atom. The van der Waals surface area contributed by atoms with Crippen LogP contribution in [0.5, 0.6) is 5.75 Å². The Morgan fingerprint density at radius 1 is 0.931 bits per heavy atom. The zero-order valence-corrected chi connectivity index (χ0v) is 15.6. The van der Waals surface area contributed by atoms with Gasteiger partial charge in [-0.15, -0.1) is 0 Å². The Balaban J connectivity index is 1.46. The van der Waals surface area contributed by atoms with Crippen LogP contribution in [0, 0.1) is 5.82 Å². The van der Waals surface area contributed by atoms with Crippen LogP contribution in [0.15, 0.2) is 66.7 Å². The third-order valence-electron chi connectivity index (χ3n) is 5.02. The van der Waals surface area contributed by atoms with Gasteiger partial charge in [0.15, 0.2) is 11.6 Å². The highest BCUT2D eigenvalue weighted by Crippen LogP contribution is 2.35. The van der Waals surface area contributed by atoms with Gasteiger partial charge in [0.05, 0.1) is 18.8 Å². The van der Waals surface area contributed by atoms with Crippen molar-refractivity contribution in [1.29, 1.82) is 0 Å². The summed E-state index contributed by atoms with van der Waals surface area (Å²) in [6.45, 7) is 0. The second-order valence-electron chi connectivity index (χ2n) is 6.79. The van der Waals surface area contributed by atoms with E-state index in [0.29, 0.717) is 11.6 Å². The summed E-state index contributed by atoms with van der Waals surface area (Å²) in [4.78, 5) is 4.64. The van der Waals surface area contributed by atoms with E-state index in [-0.39, 0.29) is 11.9 Å². The van der Waals surface area contributed by atoms with Gasteiger partial charge >= 0.3 is 0 Å². The molecule has 2 heterocycles. The number of nitrogens with one attached hydrogen (secondary N) is 3. The molecular weight excluding hydrogens is 369 g/mol. The van der Waals surface area contributed by atoms with Crippen molar-refractivity contribution in [3.8, 4) is 28.5 Å². The lowest BCUT2D eigenvalue weighted by molar-refractivity contribution is 0.415. The predicted molar refractivity (Wildman–Crippen MR) is 109 cm³/mol. The molecule has 0 spiro atoms. The molecule has 4 aromatic rings. The summed E-state index contributed by atoms with van der Waals surface area (Å²) in [5.41, 5.74) is 11.3. The second-order valence-corrected chi connectivity index (χ2v) is 6.79. The van der Waals surface area contributed by atoms with Gasteiger partial charge in [-0.3, -0.25) is 5.10 Å². The van der Waals surface area contributed by atoms with Gasteiger partial charge in [-0.2, -0.15) is 5.10 Å². The molecule has 29 heavy (non-hydrogen) atoms. The van der Waals surface area contributed by atoms with E-state index in [4.69, 9.17) is 4.74 Å². The monoisotopic (exact) mass is 387 g/mol. The number of aromatic amines is 1. The molecule has 0 radical (unpaired) electrons. The number of ether oxygens (including phenoxy) is 1. The van der Waals surface area contributed by atoms with Crippen LogP contribution in [-0.4, -0.2) is 22.3 Å². The van der Waals surface area contributed by atoms with Crippen molar-refractivity contribution in [2.75, 3.05) is 12.5 Å². The lowest BCUT2D eigenvalue weighted by Crippen LogP contribution is -2.19. The topological polar surface area (TPSA) is 74.9 Å². The van der Waals surface area contributed by atoms with Crippen LogP contribution in [0.2, 0.25) is 0 Å². The summed E-state index contributed by atoms with van der Waals surface area (Å²) in [7, 11) is 1.64. The van der Waals surface area contributed by atoms with Crippen molar-refractivity contribution < 1.29 is 9.13 Å². The van der Waals surface area contributed by atoms with Crippen LogP contribution >= 0.6 is 0 Å². The Hall–Kier alpha value is -3.71. The largest absolute Gasteiger partial charge is 0.497 e. The average Bonchev–Trinajstić information content (AvgIpc) is 3.41. The number of halogens is 1. The first-order valence-corrected chi connectivity index (χ1v) is 9.19. The van der Waals surface area contributed by atoms with Crippen molar-refractivity contribution in [3.05, 3.63) is 83.7 Å². The molecule has 0 fully saturated rings. The maximum atomic E-state index is 13.3. The molecule has 0 amide bonds. The number of fused-ring (bicyclic) bond motifs is 1. The minimum absolute atomic E-state index is 0.0782. The lowest BCUT2D eigenvalue weighted by atomic mass is 9.97. The van der Waals surface area contributed by atoms with E-state index in [0.717, 1.165) is 33.7 Å². The van der Waals surface area contributed by atoms with E-state index in [1.807, 2.05) is 36.4 Å². The fourth-order valence-corrected chi connectivity index (χ4v) is 3.47. The number of hydrogen-bond acceptors (Lipinski definition) is 5. The van der Waals surface area contributed by atoms with E-state index in [1.54, 1.807) is 19.2 Å². The Morgan fingerprint density at radius 3 is 2.45 bits per heavy atom. The SMILES string of the molecule is COc1ccc(-c2nc(-c3ccc4c(c3)C(c3ccc(F)cc3)NN4)n[nH]2)cc1. The van der Waals surface area contributed by atoms with Crippen LogP contribution in [0.4, 0.5) is 10.1 Å². The Kier molecular flexibility index (Phi) is 4.22. The number of hydrazine groups is 1. The van der Waals surface area contributed by atoms with Gasteiger partial charge in [-0.1, -0.05) is 12.1 Å². The molecule has 1 unspecified atom stereocenters. The summed E-state index contributed by atoms with van der Waals surface area (Å²) in [5, 5.41) is 7.38. The number of H-pyrrole nitrogens is 1. The fourth-order valence-electron chi connectivity index (χ4n) is 3.47.